The molecular formula is C18H22N2O4S. The first kappa shape index (κ1) is 19.0. The van der Waals surface area contributed by atoms with Gasteiger partial charge in [-0.3, -0.25) is 4.79 Å². The zero-order valence-electron chi connectivity index (χ0n) is 14.6. The number of amides is 1. The third kappa shape index (κ3) is 5.04. The molecule has 3 N–H and O–H groups in total. The number of hydrogen-bond donors (Lipinski definition) is 3. The molecule has 7 heteroatoms. The topological polar surface area (TPSA) is 95.5 Å². The molecule has 0 fully saturated rings. The molecule has 6 nitrogen and oxygen atoms in total. The van der Waals surface area contributed by atoms with Gasteiger partial charge in [0.25, 0.3) is 5.91 Å². The average molecular weight is 362 g/mol. The number of hydrogen-bond acceptors (Lipinski definition) is 4. The van der Waals surface area contributed by atoms with Gasteiger partial charge in [0.15, 0.2) is 0 Å². The number of nitrogens with one attached hydrogen (secondary N) is 2. The highest BCUT2D eigenvalue weighted by atomic mass is 32.2. The van der Waals surface area contributed by atoms with E-state index in [2.05, 4.69) is 10.0 Å². The Hall–Kier alpha value is -2.38. The highest BCUT2D eigenvalue weighted by molar-refractivity contribution is 7.89. The molecule has 0 heterocycles. The fourth-order valence-corrected chi connectivity index (χ4v) is 3.70. The highest BCUT2D eigenvalue weighted by Gasteiger charge is 2.23. The molecule has 134 valence electrons. The second-order valence-electron chi connectivity index (χ2n) is 6.84. The van der Waals surface area contributed by atoms with E-state index in [1.807, 2.05) is 0 Å². The molecule has 0 aliphatic heterocycles. The Bertz CT molecular complexity index is 900. The Labute approximate surface area is 147 Å². The number of benzene rings is 2. The molecule has 0 aliphatic rings. The Morgan fingerprint density at radius 2 is 1.76 bits per heavy atom. The molecule has 1 amide bonds. The first-order chi connectivity index (χ1) is 11.5. The molecule has 0 atom stereocenters. The number of aromatic hydroxyl groups is 1. The van der Waals surface area contributed by atoms with Gasteiger partial charge >= 0.3 is 0 Å². The van der Waals surface area contributed by atoms with Gasteiger partial charge in [-0.25, -0.2) is 13.1 Å². The minimum atomic E-state index is -3.74. The molecule has 2 rings (SSSR count). The molecule has 2 aromatic carbocycles. The third-order valence-electron chi connectivity index (χ3n) is 3.31. The average Bonchev–Trinajstić information content (AvgIpc) is 2.44. The van der Waals surface area contributed by atoms with Gasteiger partial charge in [0.05, 0.1) is 4.90 Å². The lowest BCUT2D eigenvalue weighted by molar-refractivity contribution is 0.102. The van der Waals surface area contributed by atoms with E-state index in [0.717, 1.165) is 0 Å². The first-order valence-electron chi connectivity index (χ1n) is 7.73. The highest BCUT2D eigenvalue weighted by Crippen LogP contribution is 2.20. The molecule has 0 spiro atoms. The fourth-order valence-electron chi connectivity index (χ4n) is 2.26. The molecule has 0 saturated heterocycles. The quantitative estimate of drug-likeness (QED) is 0.779. The van der Waals surface area contributed by atoms with Crippen LogP contribution in [-0.2, 0) is 10.0 Å². The van der Waals surface area contributed by atoms with Gasteiger partial charge in [0, 0.05) is 22.9 Å². The van der Waals surface area contributed by atoms with E-state index in [4.69, 9.17) is 0 Å². The van der Waals surface area contributed by atoms with Crippen LogP contribution in [0.2, 0.25) is 0 Å². The van der Waals surface area contributed by atoms with Crippen molar-refractivity contribution in [1.82, 2.24) is 4.72 Å². The second-order valence-corrected chi connectivity index (χ2v) is 8.52. The Balaban J connectivity index is 2.34. The summed E-state index contributed by atoms with van der Waals surface area (Å²) in [5.74, 6) is -0.420. The van der Waals surface area contributed by atoms with Crippen molar-refractivity contribution in [2.45, 2.75) is 38.1 Å². The van der Waals surface area contributed by atoms with Crippen LogP contribution in [0.25, 0.3) is 0 Å². The standard InChI is InChI=1S/C18H22N2O4S/c1-12-8-9-15(25(23,24)20-18(2,3)4)11-16(12)17(22)19-13-6-5-7-14(21)10-13/h5-11,20-21H,1-4H3,(H,19,22). The van der Waals surface area contributed by atoms with Gasteiger partial charge < -0.3 is 10.4 Å². The molecule has 2 aromatic rings. The maximum absolute atomic E-state index is 12.5. The van der Waals surface area contributed by atoms with Crippen molar-refractivity contribution in [2.75, 3.05) is 5.32 Å². The predicted octanol–water partition coefficient (Wildman–Crippen LogP) is 3.03. The smallest absolute Gasteiger partial charge is 0.255 e. The largest absolute Gasteiger partial charge is 0.508 e. The van der Waals surface area contributed by atoms with Gasteiger partial charge in [-0.2, -0.15) is 0 Å². The Morgan fingerprint density at radius 1 is 1.08 bits per heavy atom. The van der Waals surface area contributed by atoms with Crippen molar-refractivity contribution >= 4 is 21.6 Å². The summed E-state index contributed by atoms with van der Waals surface area (Å²) in [4.78, 5) is 12.5. The summed E-state index contributed by atoms with van der Waals surface area (Å²) < 4.78 is 27.5. The van der Waals surface area contributed by atoms with E-state index in [1.165, 1.54) is 24.3 Å². The van der Waals surface area contributed by atoms with Crippen LogP contribution < -0.4 is 10.0 Å². The number of anilines is 1. The van der Waals surface area contributed by atoms with Crippen LogP contribution in [0.15, 0.2) is 47.4 Å². The number of sulfonamides is 1. The van der Waals surface area contributed by atoms with E-state index in [1.54, 1.807) is 45.9 Å². The molecule has 0 aliphatic carbocycles. The molecule has 0 saturated carbocycles. The van der Waals surface area contributed by atoms with Gasteiger partial charge in [-0.15, -0.1) is 0 Å². The summed E-state index contributed by atoms with van der Waals surface area (Å²) in [5, 5.41) is 12.1. The molecule has 0 unspecified atom stereocenters. The maximum atomic E-state index is 12.5. The minimum Gasteiger partial charge on any atom is -0.508 e. The van der Waals surface area contributed by atoms with Crippen LogP contribution >= 0.6 is 0 Å². The lowest BCUT2D eigenvalue weighted by atomic mass is 10.1. The summed E-state index contributed by atoms with van der Waals surface area (Å²) in [6.07, 6.45) is 0. The van der Waals surface area contributed by atoms with Gasteiger partial charge in [0.2, 0.25) is 10.0 Å². The van der Waals surface area contributed by atoms with Gasteiger partial charge in [-0.1, -0.05) is 12.1 Å². The summed E-state index contributed by atoms with van der Waals surface area (Å²) in [6, 6.07) is 10.5. The number of rotatable bonds is 4. The summed E-state index contributed by atoms with van der Waals surface area (Å²) in [7, 11) is -3.74. The van der Waals surface area contributed by atoms with Crippen LogP contribution in [0.3, 0.4) is 0 Å². The van der Waals surface area contributed by atoms with Crippen LogP contribution in [0.1, 0.15) is 36.7 Å². The van der Waals surface area contributed by atoms with Crippen molar-refractivity contribution in [1.29, 1.82) is 0 Å². The van der Waals surface area contributed by atoms with Crippen LogP contribution in [-0.4, -0.2) is 25.0 Å². The lowest BCUT2D eigenvalue weighted by Gasteiger charge is -2.20. The van der Waals surface area contributed by atoms with Crippen molar-refractivity contribution in [3.05, 3.63) is 53.6 Å². The molecule has 0 bridgehead atoms. The lowest BCUT2D eigenvalue weighted by Crippen LogP contribution is -2.40. The number of phenols is 1. The second kappa shape index (κ2) is 6.85. The van der Waals surface area contributed by atoms with Gasteiger partial charge in [-0.05, 0) is 57.5 Å². The normalized spacial score (nSPS) is 12.0. The van der Waals surface area contributed by atoms with E-state index in [-0.39, 0.29) is 16.2 Å². The van der Waals surface area contributed by atoms with E-state index >= 15 is 0 Å². The number of phenolic OH excluding ortho intramolecular Hbond substituents is 1. The van der Waals surface area contributed by atoms with Gasteiger partial charge in [0.1, 0.15) is 5.75 Å². The van der Waals surface area contributed by atoms with E-state index < -0.39 is 21.5 Å². The minimum absolute atomic E-state index is 0.0223. The summed E-state index contributed by atoms with van der Waals surface area (Å²) in [6.45, 7) is 6.96. The zero-order valence-corrected chi connectivity index (χ0v) is 15.4. The summed E-state index contributed by atoms with van der Waals surface area (Å²) >= 11 is 0. The number of aryl methyl sites for hydroxylation is 1. The molecule has 25 heavy (non-hydrogen) atoms. The molecule has 0 aromatic heterocycles. The number of carbonyl (C=O) groups excluding carboxylic acids is 1. The maximum Gasteiger partial charge on any atom is 0.255 e. The van der Waals surface area contributed by atoms with Crippen molar-refractivity contribution < 1.29 is 18.3 Å². The summed E-state index contributed by atoms with van der Waals surface area (Å²) in [5.41, 5.74) is 0.686. The number of carbonyl (C=O) groups is 1. The first-order valence-corrected chi connectivity index (χ1v) is 9.21. The Kier molecular flexibility index (Phi) is 5.20. The van der Waals surface area contributed by atoms with Crippen molar-refractivity contribution in [2.24, 2.45) is 0 Å². The monoisotopic (exact) mass is 362 g/mol. The van der Waals surface area contributed by atoms with Crippen molar-refractivity contribution in [3.63, 3.8) is 0 Å². The fraction of sp³-hybridized carbons (Fsp3) is 0.278. The molecular weight excluding hydrogens is 340 g/mol. The predicted molar refractivity (Wildman–Crippen MR) is 97.3 cm³/mol. The molecule has 0 radical (unpaired) electrons. The van der Waals surface area contributed by atoms with Crippen molar-refractivity contribution in [3.8, 4) is 5.75 Å². The zero-order chi connectivity index (χ0) is 18.8. The van der Waals surface area contributed by atoms with E-state index in [9.17, 15) is 18.3 Å². The van der Waals surface area contributed by atoms with Crippen LogP contribution in [0.4, 0.5) is 5.69 Å². The Morgan fingerprint density at radius 3 is 2.36 bits per heavy atom. The van der Waals surface area contributed by atoms with E-state index in [0.29, 0.717) is 11.3 Å². The van der Waals surface area contributed by atoms with Crippen LogP contribution in [0.5, 0.6) is 5.75 Å². The SMILES string of the molecule is Cc1ccc(S(=O)(=O)NC(C)(C)C)cc1C(=O)Nc1cccc(O)c1. The third-order valence-corrected chi connectivity index (χ3v) is 5.06. The van der Waals surface area contributed by atoms with Crippen LogP contribution in [0, 0.1) is 6.92 Å².